The Labute approximate surface area is 156 Å². The number of likely N-dealkylation sites (tertiary alicyclic amines) is 2. The van der Waals surface area contributed by atoms with Crippen molar-refractivity contribution < 1.29 is 9.53 Å². The lowest BCUT2D eigenvalue weighted by Gasteiger charge is -2.46. The van der Waals surface area contributed by atoms with Crippen molar-refractivity contribution in [3.8, 4) is 0 Å². The molecule has 3 aliphatic rings. The summed E-state index contributed by atoms with van der Waals surface area (Å²) in [6.45, 7) is 5.68. The van der Waals surface area contributed by atoms with Crippen molar-refractivity contribution in [1.29, 1.82) is 0 Å². The minimum atomic E-state index is 0.0868. The van der Waals surface area contributed by atoms with Crippen LogP contribution >= 0.6 is 0 Å². The molecular weight excluding hydrogens is 326 g/mol. The van der Waals surface area contributed by atoms with Gasteiger partial charge in [0, 0.05) is 44.0 Å². The molecule has 3 fully saturated rings. The van der Waals surface area contributed by atoms with Crippen LogP contribution in [0.25, 0.3) is 0 Å². The minimum Gasteiger partial charge on any atom is -0.383 e. The lowest BCUT2D eigenvalue weighted by molar-refractivity contribution is 0.00896. The number of amides is 1. The molecule has 2 aliphatic heterocycles. The molecule has 1 saturated carbocycles. The van der Waals surface area contributed by atoms with Crippen molar-refractivity contribution >= 4 is 5.91 Å². The van der Waals surface area contributed by atoms with E-state index in [1.807, 2.05) is 37.1 Å². The second-order valence-corrected chi connectivity index (χ2v) is 8.42. The number of aryl methyl sites for hydroxylation is 1. The predicted molar refractivity (Wildman–Crippen MR) is 101 cm³/mol. The van der Waals surface area contributed by atoms with Crippen LogP contribution < -0.4 is 0 Å². The zero-order chi connectivity index (χ0) is 18.1. The van der Waals surface area contributed by atoms with E-state index in [4.69, 9.17) is 4.74 Å². The molecule has 0 aromatic carbocycles. The van der Waals surface area contributed by atoms with Gasteiger partial charge in [0.15, 0.2) is 0 Å². The molecule has 0 radical (unpaired) electrons. The highest BCUT2D eigenvalue weighted by molar-refractivity contribution is 5.92. The quantitative estimate of drug-likeness (QED) is 0.813. The summed E-state index contributed by atoms with van der Waals surface area (Å²) in [6, 6.07) is 6.25. The smallest absolute Gasteiger partial charge is 0.272 e. The number of hydrogen-bond donors (Lipinski definition) is 0. The van der Waals surface area contributed by atoms with Gasteiger partial charge in [-0.05, 0) is 63.5 Å². The Balaban J connectivity index is 1.43. The Morgan fingerprint density at radius 3 is 2.65 bits per heavy atom. The molecule has 1 aromatic heterocycles. The number of ether oxygens (including phenoxy) is 1. The number of piperidine rings is 1. The van der Waals surface area contributed by atoms with Crippen LogP contribution in [0.3, 0.4) is 0 Å². The molecule has 0 bridgehead atoms. The monoisotopic (exact) mass is 357 g/mol. The lowest BCUT2D eigenvalue weighted by atomic mass is 9.84. The first kappa shape index (κ1) is 17.9. The van der Waals surface area contributed by atoms with E-state index in [0.29, 0.717) is 11.7 Å². The fourth-order valence-electron chi connectivity index (χ4n) is 4.90. The molecule has 2 saturated heterocycles. The molecule has 26 heavy (non-hydrogen) atoms. The van der Waals surface area contributed by atoms with Crippen LogP contribution in [0, 0.1) is 12.8 Å². The van der Waals surface area contributed by atoms with Gasteiger partial charge in [0.25, 0.3) is 5.91 Å². The van der Waals surface area contributed by atoms with E-state index in [9.17, 15) is 4.79 Å². The maximum atomic E-state index is 12.8. The van der Waals surface area contributed by atoms with Crippen molar-refractivity contribution in [1.82, 2.24) is 14.8 Å². The van der Waals surface area contributed by atoms with Crippen LogP contribution in [0.2, 0.25) is 0 Å². The highest BCUT2D eigenvalue weighted by Gasteiger charge is 2.49. The summed E-state index contributed by atoms with van der Waals surface area (Å²) >= 11 is 0. The van der Waals surface area contributed by atoms with Crippen LogP contribution in [0.4, 0.5) is 0 Å². The zero-order valence-electron chi connectivity index (χ0n) is 16.1. The topological polar surface area (TPSA) is 45.7 Å². The Kier molecular flexibility index (Phi) is 5.02. The molecule has 1 spiro atoms. The summed E-state index contributed by atoms with van der Waals surface area (Å²) in [5.41, 5.74) is 1.76. The predicted octanol–water partition coefficient (Wildman–Crippen LogP) is 2.89. The standard InChI is InChI=1S/C21H31N3O2/c1-16-4-3-5-19(22-16)20(25)23-12-10-21(11-13-23)9-8-18(15-26-2)24(21)14-17-6-7-17/h3-5,17-18H,6-15H2,1-2H3/t18-/m0/s1. The van der Waals surface area contributed by atoms with Gasteiger partial charge in [-0.2, -0.15) is 0 Å². The molecule has 1 aromatic rings. The van der Waals surface area contributed by atoms with Crippen molar-refractivity contribution in [3.63, 3.8) is 0 Å². The summed E-state index contributed by atoms with van der Waals surface area (Å²) in [6.07, 6.45) is 7.41. The molecule has 142 valence electrons. The van der Waals surface area contributed by atoms with E-state index in [1.54, 1.807) is 0 Å². The number of carbonyl (C=O) groups excluding carboxylic acids is 1. The first-order valence-electron chi connectivity index (χ1n) is 10.1. The fourth-order valence-corrected chi connectivity index (χ4v) is 4.90. The first-order chi connectivity index (χ1) is 12.6. The van der Waals surface area contributed by atoms with Gasteiger partial charge in [-0.25, -0.2) is 4.98 Å². The van der Waals surface area contributed by atoms with Gasteiger partial charge < -0.3 is 9.64 Å². The van der Waals surface area contributed by atoms with Crippen LogP contribution in [0.5, 0.6) is 0 Å². The van der Waals surface area contributed by atoms with Gasteiger partial charge in [-0.3, -0.25) is 9.69 Å². The highest BCUT2D eigenvalue weighted by Crippen LogP contribution is 2.44. The number of pyridine rings is 1. The van der Waals surface area contributed by atoms with E-state index in [2.05, 4.69) is 9.88 Å². The summed E-state index contributed by atoms with van der Waals surface area (Å²) in [5.74, 6) is 0.976. The summed E-state index contributed by atoms with van der Waals surface area (Å²) in [4.78, 5) is 22.0. The number of nitrogens with zero attached hydrogens (tertiary/aromatic N) is 3. The summed E-state index contributed by atoms with van der Waals surface area (Å²) < 4.78 is 5.51. The maximum absolute atomic E-state index is 12.8. The van der Waals surface area contributed by atoms with E-state index < -0.39 is 0 Å². The van der Waals surface area contributed by atoms with Crippen molar-refractivity contribution in [3.05, 3.63) is 29.6 Å². The Morgan fingerprint density at radius 1 is 1.23 bits per heavy atom. The van der Waals surface area contributed by atoms with Gasteiger partial charge in [-0.1, -0.05) is 6.07 Å². The van der Waals surface area contributed by atoms with Crippen LogP contribution in [-0.4, -0.2) is 65.6 Å². The molecule has 1 atom stereocenters. The van der Waals surface area contributed by atoms with Crippen molar-refractivity contribution in [2.75, 3.05) is 33.4 Å². The van der Waals surface area contributed by atoms with E-state index in [-0.39, 0.29) is 11.4 Å². The fraction of sp³-hybridized carbons (Fsp3) is 0.714. The summed E-state index contributed by atoms with van der Waals surface area (Å²) in [7, 11) is 1.82. The number of rotatable bonds is 5. The zero-order valence-corrected chi connectivity index (χ0v) is 16.1. The van der Waals surface area contributed by atoms with E-state index in [1.165, 1.54) is 32.2 Å². The Morgan fingerprint density at radius 2 is 2.00 bits per heavy atom. The van der Waals surface area contributed by atoms with E-state index in [0.717, 1.165) is 44.1 Å². The number of hydrogen-bond acceptors (Lipinski definition) is 4. The Hall–Kier alpha value is -1.46. The average Bonchev–Trinajstić information content (AvgIpc) is 3.42. The van der Waals surface area contributed by atoms with Crippen LogP contribution in [0.1, 0.15) is 54.7 Å². The third-order valence-electron chi connectivity index (χ3n) is 6.59. The normalized spacial score (nSPS) is 25.8. The highest BCUT2D eigenvalue weighted by atomic mass is 16.5. The molecule has 0 unspecified atom stereocenters. The molecule has 3 heterocycles. The van der Waals surface area contributed by atoms with Gasteiger partial charge in [0.05, 0.1) is 6.61 Å². The third kappa shape index (κ3) is 3.52. The molecular formula is C21H31N3O2. The average molecular weight is 357 g/mol. The molecule has 4 rings (SSSR count). The molecule has 5 heteroatoms. The second kappa shape index (κ2) is 7.28. The molecule has 5 nitrogen and oxygen atoms in total. The van der Waals surface area contributed by atoms with Crippen molar-refractivity contribution in [2.24, 2.45) is 5.92 Å². The van der Waals surface area contributed by atoms with Gasteiger partial charge in [0.1, 0.15) is 5.69 Å². The molecule has 0 N–H and O–H groups in total. The van der Waals surface area contributed by atoms with Crippen LogP contribution in [-0.2, 0) is 4.74 Å². The van der Waals surface area contributed by atoms with E-state index >= 15 is 0 Å². The van der Waals surface area contributed by atoms with Crippen LogP contribution in [0.15, 0.2) is 18.2 Å². The lowest BCUT2D eigenvalue weighted by Crippen LogP contribution is -2.56. The SMILES string of the molecule is COC[C@@H]1CCC2(CCN(C(=O)c3cccc(C)n3)CC2)N1CC1CC1. The second-order valence-electron chi connectivity index (χ2n) is 8.42. The third-order valence-corrected chi connectivity index (χ3v) is 6.59. The first-order valence-corrected chi connectivity index (χ1v) is 10.1. The number of aromatic nitrogens is 1. The van der Waals surface area contributed by atoms with Gasteiger partial charge in [0.2, 0.25) is 0 Å². The Bertz CT molecular complexity index is 650. The van der Waals surface area contributed by atoms with Gasteiger partial charge in [-0.15, -0.1) is 0 Å². The van der Waals surface area contributed by atoms with Crippen molar-refractivity contribution in [2.45, 2.75) is 57.0 Å². The maximum Gasteiger partial charge on any atom is 0.272 e. The largest absolute Gasteiger partial charge is 0.383 e. The number of carbonyl (C=O) groups is 1. The van der Waals surface area contributed by atoms with Gasteiger partial charge >= 0.3 is 0 Å². The minimum absolute atomic E-state index is 0.0868. The molecule has 1 aliphatic carbocycles. The summed E-state index contributed by atoms with van der Waals surface area (Å²) in [5, 5.41) is 0. The molecule has 1 amide bonds. The number of methoxy groups -OCH3 is 1.